The number of hydrogen-bond acceptors (Lipinski definition) is 4. The van der Waals surface area contributed by atoms with Gasteiger partial charge in [0.25, 0.3) is 0 Å². The molecule has 1 aromatic heterocycles. The van der Waals surface area contributed by atoms with Gasteiger partial charge in [-0.2, -0.15) is 0 Å². The summed E-state index contributed by atoms with van der Waals surface area (Å²) in [4.78, 5) is 15.3. The number of nitrogens with zero attached hydrogens (tertiary/aromatic N) is 2. The molecule has 3 aromatic rings. The van der Waals surface area contributed by atoms with Gasteiger partial charge in [0.1, 0.15) is 0 Å². The van der Waals surface area contributed by atoms with E-state index in [-0.39, 0.29) is 12.1 Å². The van der Waals surface area contributed by atoms with E-state index in [0.717, 1.165) is 54.3 Å². The molecule has 5 nitrogen and oxygen atoms in total. The van der Waals surface area contributed by atoms with Crippen molar-refractivity contribution in [3.63, 3.8) is 0 Å². The topological polar surface area (TPSA) is 60.5 Å². The molecule has 0 bridgehead atoms. The monoisotopic (exact) mass is 365 g/mol. The van der Waals surface area contributed by atoms with Crippen LogP contribution in [-0.4, -0.2) is 47.8 Å². The van der Waals surface area contributed by atoms with Gasteiger partial charge in [0.2, 0.25) is 0 Å². The average Bonchev–Trinajstić information content (AvgIpc) is 3.01. The Balaban J connectivity index is 1.46. The Morgan fingerprint density at radius 2 is 1.63 bits per heavy atom. The minimum atomic E-state index is -0.287. The molecule has 0 saturated carbocycles. The van der Waals surface area contributed by atoms with Crippen LogP contribution in [0.2, 0.25) is 0 Å². The molecule has 1 aliphatic heterocycles. The first-order valence-electron chi connectivity index (χ1n) is 9.76. The standard InChI is InChI=1S/C22H27N3O2/c1-16(23)14-24-12-10-17(11-13-24)15-27-22(26)25-20-8-4-2-6-18(20)19-7-3-5-9-21(19)25/h2-9,16-17H,10-15,23H2,1H3/t16-/m0/s1. The molecule has 0 aliphatic carbocycles. The molecule has 27 heavy (non-hydrogen) atoms. The molecular weight excluding hydrogens is 338 g/mol. The molecule has 1 saturated heterocycles. The van der Waals surface area contributed by atoms with Gasteiger partial charge < -0.3 is 15.4 Å². The van der Waals surface area contributed by atoms with Crippen molar-refractivity contribution in [1.82, 2.24) is 9.47 Å². The molecule has 2 heterocycles. The zero-order chi connectivity index (χ0) is 18.8. The number of nitrogens with two attached hydrogens (primary N) is 1. The van der Waals surface area contributed by atoms with Crippen LogP contribution in [-0.2, 0) is 4.74 Å². The molecule has 0 spiro atoms. The van der Waals surface area contributed by atoms with E-state index in [1.54, 1.807) is 4.57 Å². The summed E-state index contributed by atoms with van der Waals surface area (Å²) in [5.41, 5.74) is 7.68. The molecule has 1 atom stereocenters. The van der Waals surface area contributed by atoms with Crippen LogP contribution in [0.1, 0.15) is 19.8 Å². The fraction of sp³-hybridized carbons (Fsp3) is 0.409. The van der Waals surface area contributed by atoms with Gasteiger partial charge >= 0.3 is 6.09 Å². The predicted octanol–water partition coefficient (Wildman–Crippen LogP) is 3.84. The second kappa shape index (κ2) is 7.71. The minimum absolute atomic E-state index is 0.203. The van der Waals surface area contributed by atoms with E-state index in [9.17, 15) is 4.79 Å². The Morgan fingerprint density at radius 1 is 1.07 bits per heavy atom. The number of likely N-dealkylation sites (tertiary alicyclic amines) is 1. The van der Waals surface area contributed by atoms with Crippen LogP contribution in [0.15, 0.2) is 48.5 Å². The van der Waals surface area contributed by atoms with E-state index in [1.807, 2.05) is 43.3 Å². The van der Waals surface area contributed by atoms with Crippen LogP contribution in [0, 0.1) is 5.92 Å². The maximum absolute atomic E-state index is 12.9. The molecule has 5 heteroatoms. The first-order chi connectivity index (χ1) is 13.1. The SMILES string of the molecule is C[C@H](N)CN1CCC(COC(=O)n2c3ccccc3c3ccccc32)CC1. The number of rotatable bonds is 4. The summed E-state index contributed by atoms with van der Waals surface area (Å²) in [6, 6.07) is 16.2. The quantitative estimate of drug-likeness (QED) is 0.763. The zero-order valence-corrected chi connectivity index (χ0v) is 15.8. The van der Waals surface area contributed by atoms with E-state index in [0.29, 0.717) is 12.5 Å². The summed E-state index contributed by atoms with van der Waals surface area (Å²) < 4.78 is 7.44. The van der Waals surface area contributed by atoms with E-state index in [2.05, 4.69) is 17.0 Å². The summed E-state index contributed by atoms with van der Waals surface area (Å²) in [6.45, 7) is 5.51. The lowest BCUT2D eigenvalue weighted by molar-refractivity contribution is 0.0971. The summed E-state index contributed by atoms with van der Waals surface area (Å²) in [6.07, 6.45) is 1.81. The Morgan fingerprint density at radius 3 is 2.19 bits per heavy atom. The van der Waals surface area contributed by atoms with Crippen molar-refractivity contribution in [2.24, 2.45) is 11.7 Å². The fourth-order valence-corrected chi connectivity index (χ4v) is 4.12. The van der Waals surface area contributed by atoms with Gasteiger partial charge in [0.15, 0.2) is 0 Å². The third-order valence-corrected chi connectivity index (χ3v) is 5.46. The summed E-state index contributed by atoms with van der Waals surface area (Å²) >= 11 is 0. The van der Waals surface area contributed by atoms with E-state index in [4.69, 9.17) is 10.5 Å². The number of hydrogen-bond donors (Lipinski definition) is 1. The Kier molecular flexibility index (Phi) is 5.14. The fourth-order valence-electron chi connectivity index (χ4n) is 4.12. The molecule has 142 valence electrons. The van der Waals surface area contributed by atoms with E-state index in [1.165, 1.54) is 0 Å². The van der Waals surface area contributed by atoms with Crippen LogP contribution in [0.5, 0.6) is 0 Å². The van der Waals surface area contributed by atoms with E-state index < -0.39 is 0 Å². The van der Waals surface area contributed by atoms with Gasteiger partial charge in [-0.1, -0.05) is 36.4 Å². The predicted molar refractivity (Wildman–Crippen MR) is 109 cm³/mol. The number of benzene rings is 2. The number of aromatic nitrogens is 1. The van der Waals surface area contributed by atoms with Gasteiger partial charge in [-0.25, -0.2) is 9.36 Å². The second-order valence-corrected chi connectivity index (χ2v) is 7.67. The Bertz CT molecular complexity index is 886. The van der Waals surface area contributed by atoms with Crippen molar-refractivity contribution in [3.05, 3.63) is 48.5 Å². The highest BCUT2D eigenvalue weighted by atomic mass is 16.5. The largest absolute Gasteiger partial charge is 0.449 e. The smallest absolute Gasteiger partial charge is 0.418 e. The van der Waals surface area contributed by atoms with Crippen LogP contribution in [0.25, 0.3) is 21.8 Å². The molecular formula is C22H27N3O2. The maximum Gasteiger partial charge on any atom is 0.418 e. The second-order valence-electron chi connectivity index (χ2n) is 7.67. The molecule has 0 unspecified atom stereocenters. The lowest BCUT2D eigenvalue weighted by Crippen LogP contribution is -2.41. The van der Waals surface area contributed by atoms with Gasteiger partial charge in [-0.05, 0) is 50.9 Å². The molecule has 4 rings (SSSR count). The van der Waals surface area contributed by atoms with Crippen molar-refractivity contribution in [2.45, 2.75) is 25.8 Å². The molecule has 0 radical (unpaired) electrons. The van der Waals surface area contributed by atoms with Crippen molar-refractivity contribution < 1.29 is 9.53 Å². The number of piperidine rings is 1. The Hall–Kier alpha value is -2.37. The number of carbonyl (C=O) groups is 1. The lowest BCUT2D eigenvalue weighted by atomic mass is 9.97. The van der Waals surface area contributed by atoms with Crippen molar-refractivity contribution in [1.29, 1.82) is 0 Å². The van der Waals surface area contributed by atoms with Crippen molar-refractivity contribution in [3.8, 4) is 0 Å². The first-order valence-corrected chi connectivity index (χ1v) is 9.76. The van der Waals surface area contributed by atoms with E-state index >= 15 is 0 Å². The molecule has 2 aromatic carbocycles. The zero-order valence-electron chi connectivity index (χ0n) is 15.8. The number of para-hydroxylation sites is 2. The normalized spacial score (nSPS) is 17.4. The summed E-state index contributed by atoms with van der Waals surface area (Å²) in [5.74, 6) is 0.423. The van der Waals surface area contributed by atoms with Crippen LogP contribution in [0.3, 0.4) is 0 Å². The first kappa shape index (κ1) is 18.0. The third-order valence-electron chi connectivity index (χ3n) is 5.46. The highest BCUT2D eigenvalue weighted by Crippen LogP contribution is 2.29. The van der Waals surface area contributed by atoms with Gasteiger partial charge in [-0.3, -0.25) is 0 Å². The highest BCUT2D eigenvalue weighted by Gasteiger charge is 2.22. The number of carbonyl (C=O) groups excluding carboxylic acids is 1. The minimum Gasteiger partial charge on any atom is -0.449 e. The summed E-state index contributed by atoms with van der Waals surface area (Å²) in [5, 5.41) is 2.16. The van der Waals surface area contributed by atoms with Gasteiger partial charge in [-0.15, -0.1) is 0 Å². The highest BCUT2D eigenvalue weighted by molar-refractivity contribution is 6.12. The van der Waals surface area contributed by atoms with Crippen molar-refractivity contribution >= 4 is 27.9 Å². The molecule has 0 amide bonds. The lowest BCUT2D eigenvalue weighted by Gasteiger charge is -2.32. The average molecular weight is 365 g/mol. The van der Waals surface area contributed by atoms with Crippen molar-refractivity contribution in [2.75, 3.05) is 26.2 Å². The Labute approximate surface area is 159 Å². The van der Waals surface area contributed by atoms with Gasteiger partial charge in [0, 0.05) is 23.4 Å². The number of fused-ring (bicyclic) bond motifs is 3. The van der Waals surface area contributed by atoms with Crippen LogP contribution >= 0.6 is 0 Å². The third kappa shape index (κ3) is 3.70. The maximum atomic E-state index is 12.9. The van der Waals surface area contributed by atoms with Gasteiger partial charge in [0.05, 0.1) is 17.6 Å². The molecule has 2 N–H and O–H groups in total. The molecule has 1 aliphatic rings. The van der Waals surface area contributed by atoms with Crippen LogP contribution < -0.4 is 5.73 Å². The summed E-state index contributed by atoms with van der Waals surface area (Å²) in [7, 11) is 0. The molecule has 1 fully saturated rings. The van der Waals surface area contributed by atoms with Crippen LogP contribution in [0.4, 0.5) is 4.79 Å². The number of ether oxygens (including phenoxy) is 1.